The van der Waals surface area contributed by atoms with Crippen molar-refractivity contribution in [2.75, 3.05) is 17.2 Å². The van der Waals surface area contributed by atoms with Gasteiger partial charge in [-0.15, -0.1) is 0 Å². The summed E-state index contributed by atoms with van der Waals surface area (Å²) in [5.74, 6) is 0.731. The SMILES string of the molecule is CCNc1nc(SC(C)C(=O)Nc2cccc(C)c2)nc2ccccc12. The first kappa shape index (κ1) is 18.2. The van der Waals surface area contributed by atoms with Gasteiger partial charge in [0.15, 0.2) is 5.16 Å². The molecule has 1 aromatic heterocycles. The van der Waals surface area contributed by atoms with Gasteiger partial charge in [0, 0.05) is 17.6 Å². The molecule has 1 atom stereocenters. The third-order valence-electron chi connectivity index (χ3n) is 3.86. The predicted molar refractivity (Wildman–Crippen MR) is 109 cm³/mol. The fourth-order valence-corrected chi connectivity index (χ4v) is 3.37. The number of benzene rings is 2. The summed E-state index contributed by atoms with van der Waals surface area (Å²) >= 11 is 1.36. The van der Waals surface area contributed by atoms with Crippen LogP contribution in [0.3, 0.4) is 0 Å². The first-order valence-corrected chi connectivity index (χ1v) is 9.49. The highest BCUT2D eigenvalue weighted by atomic mass is 32.2. The van der Waals surface area contributed by atoms with Crippen LogP contribution in [-0.2, 0) is 4.79 Å². The van der Waals surface area contributed by atoms with E-state index in [4.69, 9.17) is 0 Å². The van der Waals surface area contributed by atoms with Crippen molar-refractivity contribution >= 4 is 40.1 Å². The molecule has 0 radical (unpaired) electrons. The molecule has 0 spiro atoms. The van der Waals surface area contributed by atoms with Crippen LogP contribution in [0.1, 0.15) is 19.4 Å². The summed E-state index contributed by atoms with van der Waals surface area (Å²) in [6.45, 7) is 6.66. The number of nitrogens with one attached hydrogen (secondary N) is 2. The van der Waals surface area contributed by atoms with Gasteiger partial charge in [0.1, 0.15) is 5.82 Å². The Bertz CT molecular complexity index is 929. The van der Waals surface area contributed by atoms with Crippen molar-refractivity contribution in [3.05, 3.63) is 54.1 Å². The van der Waals surface area contributed by atoms with E-state index in [1.54, 1.807) is 0 Å². The molecule has 26 heavy (non-hydrogen) atoms. The lowest BCUT2D eigenvalue weighted by molar-refractivity contribution is -0.115. The predicted octanol–water partition coefficient (Wildman–Crippen LogP) is 4.49. The van der Waals surface area contributed by atoms with Crippen molar-refractivity contribution in [3.63, 3.8) is 0 Å². The number of para-hydroxylation sites is 1. The molecule has 0 aliphatic rings. The summed E-state index contributed by atoms with van der Waals surface area (Å²) in [5, 5.41) is 7.48. The Kier molecular flexibility index (Phi) is 5.73. The molecular formula is C20H22N4OS. The molecule has 6 heteroatoms. The third-order valence-corrected chi connectivity index (χ3v) is 4.82. The molecule has 134 valence electrons. The van der Waals surface area contributed by atoms with E-state index in [0.29, 0.717) is 5.16 Å². The molecule has 3 aromatic rings. The quantitative estimate of drug-likeness (QED) is 0.497. The molecule has 0 fully saturated rings. The average Bonchev–Trinajstić information content (AvgIpc) is 2.62. The van der Waals surface area contributed by atoms with E-state index in [9.17, 15) is 4.79 Å². The van der Waals surface area contributed by atoms with E-state index in [0.717, 1.165) is 34.5 Å². The highest BCUT2D eigenvalue weighted by Gasteiger charge is 2.17. The van der Waals surface area contributed by atoms with Crippen molar-refractivity contribution < 1.29 is 4.79 Å². The fraction of sp³-hybridized carbons (Fsp3) is 0.250. The number of carbonyl (C=O) groups is 1. The molecule has 2 aromatic carbocycles. The van der Waals surface area contributed by atoms with Gasteiger partial charge in [0.05, 0.1) is 10.8 Å². The minimum atomic E-state index is -0.314. The number of thioether (sulfide) groups is 1. The second kappa shape index (κ2) is 8.19. The van der Waals surface area contributed by atoms with Gasteiger partial charge in [-0.1, -0.05) is 36.0 Å². The largest absolute Gasteiger partial charge is 0.370 e. The lowest BCUT2D eigenvalue weighted by Crippen LogP contribution is -2.22. The van der Waals surface area contributed by atoms with E-state index >= 15 is 0 Å². The van der Waals surface area contributed by atoms with Crippen molar-refractivity contribution in [2.45, 2.75) is 31.2 Å². The van der Waals surface area contributed by atoms with Crippen molar-refractivity contribution in [3.8, 4) is 0 Å². The minimum absolute atomic E-state index is 0.0673. The molecule has 0 bridgehead atoms. The molecule has 0 saturated carbocycles. The standard InChI is InChI=1S/C20H22N4OS/c1-4-21-18-16-10-5-6-11-17(16)23-20(24-18)26-14(3)19(25)22-15-9-7-8-13(2)12-15/h5-12,14H,4H2,1-3H3,(H,22,25)(H,21,23,24). The first-order chi connectivity index (χ1) is 12.6. The molecule has 5 nitrogen and oxygen atoms in total. The number of nitrogens with zero attached hydrogens (tertiary/aromatic N) is 2. The van der Waals surface area contributed by atoms with Gasteiger partial charge in [0.25, 0.3) is 0 Å². The number of hydrogen-bond acceptors (Lipinski definition) is 5. The van der Waals surface area contributed by atoms with Crippen molar-refractivity contribution in [2.24, 2.45) is 0 Å². The number of amides is 1. The summed E-state index contributed by atoms with van der Waals surface area (Å²) in [7, 11) is 0. The zero-order valence-electron chi connectivity index (χ0n) is 15.1. The highest BCUT2D eigenvalue weighted by molar-refractivity contribution is 8.00. The van der Waals surface area contributed by atoms with Crippen LogP contribution in [-0.4, -0.2) is 27.7 Å². The van der Waals surface area contributed by atoms with Crippen LogP contribution in [0.4, 0.5) is 11.5 Å². The van der Waals surface area contributed by atoms with Crippen LogP contribution < -0.4 is 10.6 Å². The number of fused-ring (bicyclic) bond motifs is 1. The van der Waals surface area contributed by atoms with Crippen LogP contribution in [0.2, 0.25) is 0 Å². The van der Waals surface area contributed by atoms with Crippen LogP contribution in [0.5, 0.6) is 0 Å². The van der Waals surface area contributed by atoms with E-state index < -0.39 is 0 Å². The van der Waals surface area contributed by atoms with Gasteiger partial charge in [-0.2, -0.15) is 0 Å². The maximum Gasteiger partial charge on any atom is 0.237 e. The third kappa shape index (κ3) is 4.32. The summed E-state index contributed by atoms with van der Waals surface area (Å²) < 4.78 is 0. The topological polar surface area (TPSA) is 66.9 Å². The number of anilines is 2. The second-order valence-corrected chi connectivity index (χ2v) is 7.33. The van der Waals surface area contributed by atoms with Gasteiger partial charge in [-0.05, 0) is 50.6 Å². The fourth-order valence-electron chi connectivity index (χ4n) is 2.59. The van der Waals surface area contributed by atoms with Crippen LogP contribution in [0.25, 0.3) is 10.9 Å². The smallest absolute Gasteiger partial charge is 0.237 e. The highest BCUT2D eigenvalue weighted by Crippen LogP contribution is 2.27. The van der Waals surface area contributed by atoms with Crippen LogP contribution in [0, 0.1) is 6.92 Å². The lowest BCUT2D eigenvalue weighted by atomic mass is 10.2. The number of hydrogen-bond donors (Lipinski definition) is 2. The molecule has 1 heterocycles. The second-order valence-electron chi connectivity index (χ2n) is 6.02. The molecule has 3 rings (SSSR count). The Morgan fingerprint density at radius 2 is 1.96 bits per heavy atom. The maximum atomic E-state index is 12.5. The van der Waals surface area contributed by atoms with E-state index in [2.05, 4.69) is 20.6 Å². The molecular weight excluding hydrogens is 344 g/mol. The van der Waals surface area contributed by atoms with Gasteiger partial charge >= 0.3 is 0 Å². The minimum Gasteiger partial charge on any atom is -0.370 e. The molecule has 0 saturated heterocycles. The van der Waals surface area contributed by atoms with Crippen LogP contribution in [0.15, 0.2) is 53.7 Å². The van der Waals surface area contributed by atoms with Crippen LogP contribution >= 0.6 is 11.8 Å². The zero-order valence-corrected chi connectivity index (χ0v) is 15.9. The van der Waals surface area contributed by atoms with E-state index in [1.165, 1.54) is 11.8 Å². The summed E-state index contributed by atoms with van der Waals surface area (Å²) in [4.78, 5) is 21.7. The molecule has 2 N–H and O–H groups in total. The summed E-state index contributed by atoms with van der Waals surface area (Å²) in [6, 6.07) is 15.6. The maximum absolute atomic E-state index is 12.5. The summed E-state index contributed by atoms with van der Waals surface area (Å²) in [6.07, 6.45) is 0. The zero-order chi connectivity index (χ0) is 18.5. The van der Waals surface area contributed by atoms with Crippen molar-refractivity contribution in [1.82, 2.24) is 9.97 Å². The molecule has 0 aliphatic carbocycles. The van der Waals surface area contributed by atoms with Gasteiger partial charge in [-0.3, -0.25) is 4.79 Å². The van der Waals surface area contributed by atoms with Gasteiger partial charge in [0.2, 0.25) is 5.91 Å². The van der Waals surface area contributed by atoms with Gasteiger partial charge < -0.3 is 10.6 Å². The Hall–Kier alpha value is -2.60. The normalized spacial score (nSPS) is 12.0. The number of carbonyl (C=O) groups excluding carboxylic acids is 1. The monoisotopic (exact) mass is 366 g/mol. The number of rotatable bonds is 6. The van der Waals surface area contributed by atoms with Gasteiger partial charge in [-0.25, -0.2) is 9.97 Å². The Morgan fingerprint density at radius 1 is 1.15 bits per heavy atom. The summed E-state index contributed by atoms with van der Waals surface area (Å²) in [5.41, 5.74) is 2.78. The van der Waals surface area contributed by atoms with Crippen molar-refractivity contribution in [1.29, 1.82) is 0 Å². The Morgan fingerprint density at radius 3 is 2.73 bits per heavy atom. The first-order valence-electron chi connectivity index (χ1n) is 8.61. The molecule has 1 amide bonds. The number of aromatic nitrogens is 2. The van der Waals surface area contributed by atoms with E-state index in [1.807, 2.05) is 69.3 Å². The van der Waals surface area contributed by atoms with E-state index in [-0.39, 0.29) is 11.2 Å². The molecule has 0 aliphatic heterocycles. The Labute approximate surface area is 157 Å². The average molecular weight is 366 g/mol. The lowest BCUT2D eigenvalue weighted by Gasteiger charge is -2.13. The number of aryl methyl sites for hydroxylation is 1. The molecule has 1 unspecified atom stereocenters. The Balaban J connectivity index is 1.78.